The van der Waals surface area contributed by atoms with Gasteiger partial charge in [-0.25, -0.2) is 0 Å². The first-order chi connectivity index (χ1) is 10.2. The quantitative estimate of drug-likeness (QED) is 0.794. The number of hydrogen-bond acceptors (Lipinski definition) is 3. The first kappa shape index (κ1) is 15.4. The molecule has 6 heteroatoms. The lowest BCUT2D eigenvalue weighted by Crippen LogP contribution is -2.26. The molecule has 1 heterocycles. The average molecular weight is 305 g/mol. The van der Waals surface area contributed by atoms with Crippen LogP contribution in [0.3, 0.4) is 0 Å². The summed E-state index contributed by atoms with van der Waals surface area (Å²) in [7, 11) is -1.13. The van der Waals surface area contributed by atoms with Crippen molar-refractivity contribution in [2.45, 2.75) is 24.8 Å². The fraction of sp³-hybridized carbons (Fsp3) is 0.333. The second-order valence-corrected chi connectivity index (χ2v) is 6.22. The monoisotopic (exact) mass is 305 g/mol. The summed E-state index contributed by atoms with van der Waals surface area (Å²) in [6, 6.07) is 8.92. The highest BCUT2D eigenvalue weighted by Gasteiger charge is 2.13. The minimum atomic E-state index is -1.13. The van der Waals surface area contributed by atoms with Gasteiger partial charge < -0.3 is 5.32 Å². The zero-order valence-corrected chi connectivity index (χ0v) is 12.8. The molecule has 0 radical (unpaired) electrons. The summed E-state index contributed by atoms with van der Waals surface area (Å²) in [4.78, 5) is 12.8. The van der Waals surface area contributed by atoms with Crippen molar-refractivity contribution in [1.29, 1.82) is 0 Å². The van der Waals surface area contributed by atoms with E-state index in [2.05, 4.69) is 10.4 Å². The molecule has 112 valence electrons. The highest BCUT2D eigenvalue weighted by Crippen LogP contribution is 2.13. The predicted molar refractivity (Wildman–Crippen MR) is 82.6 cm³/mol. The number of benzene rings is 1. The summed E-state index contributed by atoms with van der Waals surface area (Å²) in [5.74, 6) is 0.330. The van der Waals surface area contributed by atoms with Crippen LogP contribution in [-0.2, 0) is 17.3 Å². The molecule has 5 nitrogen and oxygen atoms in total. The van der Waals surface area contributed by atoms with Crippen molar-refractivity contribution >= 4 is 16.7 Å². The number of nitrogens with zero attached hydrogens (tertiary/aromatic N) is 2. The van der Waals surface area contributed by atoms with E-state index in [1.165, 1.54) is 0 Å². The summed E-state index contributed by atoms with van der Waals surface area (Å²) >= 11 is 0. The van der Waals surface area contributed by atoms with Crippen LogP contribution in [0, 0.1) is 0 Å². The fourth-order valence-electron chi connectivity index (χ4n) is 1.98. The van der Waals surface area contributed by atoms with Gasteiger partial charge in [0.25, 0.3) is 5.91 Å². The fourth-order valence-corrected chi connectivity index (χ4v) is 2.93. The van der Waals surface area contributed by atoms with E-state index in [0.717, 1.165) is 13.0 Å². The van der Waals surface area contributed by atoms with Crippen LogP contribution in [0.2, 0.25) is 0 Å². The highest BCUT2D eigenvalue weighted by molar-refractivity contribution is 7.85. The van der Waals surface area contributed by atoms with Crippen LogP contribution in [0.5, 0.6) is 0 Å². The van der Waals surface area contributed by atoms with E-state index >= 15 is 0 Å². The smallest absolute Gasteiger partial charge is 0.252 e. The number of rotatable bonds is 7. The van der Waals surface area contributed by atoms with E-state index in [1.54, 1.807) is 30.5 Å². The molecule has 1 N–H and O–H groups in total. The Balaban J connectivity index is 1.90. The number of nitrogens with one attached hydrogen (secondary N) is 1. The maximum Gasteiger partial charge on any atom is 0.252 e. The van der Waals surface area contributed by atoms with E-state index in [9.17, 15) is 9.00 Å². The second-order valence-electron chi connectivity index (χ2n) is 4.51. The predicted octanol–water partition coefficient (Wildman–Crippen LogP) is 1.83. The maximum absolute atomic E-state index is 12.2. The van der Waals surface area contributed by atoms with Gasteiger partial charge in [0, 0.05) is 31.2 Å². The SMILES string of the molecule is CC[S@@](=O)c1ccccc1C(=O)NCCCn1cccn1. The maximum atomic E-state index is 12.2. The molecule has 0 spiro atoms. The number of carbonyl (C=O) groups is 1. The van der Waals surface area contributed by atoms with Gasteiger partial charge in [0.05, 0.1) is 21.3 Å². The molecule has 1 aromatic carbocycles. The zero-order chi connectivity index (χ0) is 15.1. The number of aryl methyl sites for hydroxylation is 1. The van der Waals surface area contributed by atoms with Crippen molar-refractivity contribution in [3.05, 3.63) is 48.3 Å². The van der Waals surface area contributed by atoms with Gasteiger partial charge in [-0.05, 0) is 24.6 Å². The van der Waals surface area contributed by atoms with Gasteiger partial charge in [-0.1, -0.05) is 19.1 Å². The standard InChI is InChI=1S/C15H19N3O2S/c1-2-21(20)14-8-4-3-7-13(14)15(19)16-9-5-11-18-12-6-10-17-18/h3-4,6-8,10,12H,2,5,9,11H2,1H3,(H,16,19)/t21-/m1/s1. The highest BCUT2D eigenvalue weighted by atomic mass is 32.2. The molecule has 1 aromatic heterocycles. The summed E-state index contributed by atoms with van der Waals surface area (Å²) in [5.41, 5.74) is 0.497. The molecule has 0 bridgehead atoms. The van der Waals surface area contributed by atoms with E-state index < -0.39 is 10.8 Å². The Bertz CT molecular complexity index is 611. The molecule has 0 fully saturated rings. The Labute approximate surface area is 126 Å². The molecule has 0 saturated heterocycles. The van der Waals surface area contributed by atoms with Crippen molar-refractivity contribution in [3.8, 4) is 0 Å². The van der Waals surface area contributed by atoms with Crippen LogP contribution in [0.25, 0.3) is 0 Å². The Morgan fingerprint density at radius 2 is 2.14 bits per heavy atom. The normalized spacial score (nSPS) is 12.0. The van der Waals surface area contributed by atoms with Gasteiger partial charge in [-0.15, -0.1) is 0 Å². The van der Waals surface area contributed by atoms with Gasteiger partial charge in [0.1, 0.15) is 0 Å². The van der Waals surface area contributed by atoms with Gasteiger partial charge in [0.15, 0.2) is 0 Å². The summed E-state index contributed by atoms with van der Waals surface area (Å²) < 4.78 is 13.8. The molecular weight excluding hydrogens is 286 g/mol. The lowest BCUT2D eigenvalue weighted by molar-refractivity contribution is 0.0949. The summed E-state index contributed by atoms with van der Waals surface area (Å²) in [5, 5.41) is 6.97. The van der Waals surface area contributed by atoms with E-state index in [0.29, 0.717) is 22.8 Å². The van der Waals surface area contributed by atoms with Crippen LogP contribution in [0.4, 0.5) is 0 Å². The summed E-state index contributed by atoms with van der Waals surface area (Å²) in [6.45, 7) is 3.16. The Hall–Kier alpha value is -1.95. The third kappa shape index (κ3) is 4.26. The first-order valence-corrected chi connectivity index (χ1v) is 8.27. The second kappa shape index (κ2) is 7.73. The van der Waals surface area contributed by atoms with Crippen LogP contribution >= 0.6 is 0 Å². The number of hydrogen-bond donors (Lipinski definition) is 1. The Kier molecular flexibility index (Phi) is 5.68. The van der Waals surface area contributed by atoms with Gasteiger partial charge in [0.2, 0.25) is 0 Å². The average Bonchev–Trinajstić information content (AvgIpc) is 3.04. The minimum absolute atomic E-state index is 0.173. The molecule has 0 aliphatic rings. The molecule has 1 amide bonds. The number of aromatic nitrogens is 2. The van der Waals surface area contributed by atoms with Crippen LogP contribution in [0.1, 0.15) is 23.7 Å². The number of amides is 1. The Morgan fingerprint density at radius 3 is 2.86 bits per heavy atom. The van der Waals surface area contributed by atoms with Crippen molar-refractivity contribution in [2.24, 2.45) is 0 Å². The van der Waals surface area contributed by atoms with Crippen molar-refractivity contribution < 1.29 is 9.00 Å². The molecule has 1 atom stereocenters. The summed E-state index contributed by atoms with van der Waals surface area (Å²) in [6.07, 6.45) is 4.42. The van der Waals surface area contributed by atoms with E-state index in [1.807, 2.05) is 23.9 Å². The lowest BCUT2D eigenvalue weighted by Gasteiger charge is -2.09. The van der Waals surface area contributed by atoms with Gasteiger partial charge in [-0.2, -0.15) is 5.10 Å². The molecular formula is C15H19N3O2S. The van der Waals surface area contributed by atoms with Crippen molar-refractivity contribution in [2.75, 3.05) is 12.3 Å². The molecule has 2 rings (SSSR count). The zero-order valence-electron chi connectivity index (χ0n) is 12.0. The van der Waals surface area contributed by atoms with E-state index in [4.69, 9.17) is 0 Å². The van der Waals surface area contributed by atoms with Crippen LogP contribution in [0.15, 0.2) is 47.6 Å². The third-order valence-corrected chi connectivity index (χ3v) is 4.42. The number of carbonyl (C=O) groups excluding carboxylic acids is 1. The van der Waals surface area contributed by atoms with Crippen molar-refractivity contribution in [3.63, 3.8) is 0 Å². The molecule has 0 aliphatic heterocycles. The molecule has 0 unspecified atom stereocenters. The topological polar surface area (TPSA) is 64.0 Å². The first-order valence-electron chi connectivity index (χ1n) is 6.95. The van der Waals surface area contributed by atoms with Crippen LogP contribution < -0.4 is 5.32 Å². The molecule has 0 saturated carbocycles. The molecule has 21 heavy (non-hydrogen) atoms. The van der Waals surface area contributed by atoms with E-state index in [-0.39, 0.29) is 5.91 Å². The van der Waals surface area contributed by atoms with Crippen LogP contribution in [-0.4, -0.2) is 32.2 Å². The third-order valence-electron chi connectivity index (χ3n) is 3.05. The Morgan fingerprint density at radius 1 is 1.33 bits per heavy atom. The molecule has 2 aromatic rings. The lowest BCUT2D eigenvalue weighted by atomic mass is 10.2. The minimum Gasteiger partial charge on any atom is -0.352 e. The molecule has 0 aliphatic carbocycles. The van der Waals surface area contributed by atoms with Crippen molar-refractivity contribution in [1.82, 2.24) is 15.1 Å². The van der Waals surface area contributed by atoms with Gasteiger partial charge in [-0.3, -0.25) is 13.7 Å². The largest absolute Gasteiger partial charge is 0.352 e. The van der Waals surface area contributed by atoms with Gasteiger partial charge >= 0.3 is 0 Å².